The number of Topliss-reactive ketones (excluding diaryl/α,β-unsaturated/α-hetero) is 2. The first-order valence-electron chi connectivity index (χ1n) is 9.73. The van der Waals surface area contributed by atoms with Crippen molar-refractivity contribution >= 4 is 35.0 Å². The highest BCUT2D eigenvalue weighted by Gasteiger charge is 2.42. The summed E-state index contributed by atoms with van der Waals surface area (Å²) >= 11 is 5.91. The fourth-order valence-corrected chi connectivity index (χ4v) is 3.60. The zero-order valence-electron chi connectivity index (χ0n) is 16.6. The van der Waals surface area contributed by atoms with Gasteiger partial charge < -0.3 is 4.74 Å². The molecule has 30 heavy (non-hydrogen) atoms. The summed E-state index contributed by atoms with van der Waals surface area (Å²) in [6.45, 7) is 2.12. The molecule has 7 heteroatoms. The van der Waals surface area contributed by atoms with E-state index in [0.717, 1.165) is 10.5 Å². The molecule has 1 unspecified atom stereocenters. The Hall–Kier alpha value is -2.99. The molecule has 2 aromatic carbocycles. The Kier molecular flexibility index (Phi) is 7.00. The summed E-state index contributed by atoms with van der Waals surface area (Å²) in [5, 5.41) is 0.610. The molecule has 156 valence electrons. The number of ether oxygens (including phenoxy) is 1. The number of carbonyl (C=O) groups is 4. The number of rotatable bonds is 7. The molecule has 0 radical (unpaired) electrons. The van der Waals surface area contributed by atoms with Crippen molar-refractivity contribution in [3.05, 3.63) is 64.7 Å². The first kappa shape index (κ1) is 21.7. The molecular formula is C23H22ClNO5. The number of ketones is 2. The van der Waals surface area contributed by atoms with Gasteiger partial charge in [-0.1, -0.05) is 29.8 Å². The van der Waals surface area contributed by atoms with Gasteiger partial charge in [0.05, 0.1) is 6.61 Å². The van der Waals surface area contributed by atoms with Crippen molar-refractivity contribution in [1.82, 2.24) is 4.90 Å². The number of hydrogen-bond acceptors (Lipinski definition) is 5. The number of amides is 2. The Morgan fingerprint density at radius 2 is 1.87 bits per heavy atom. The van der Waals surface area contributed by atoms with Crippen LogP contribution in [-0.4, -0.2) is 41.4 Å². The van der Waals surface area contributed by atoms with Gasteiger partial charge in [-0.15, -0.1) is 0 Å². The highest BCUT2D eigenvalue weighted by Crippen LogP contribution is 2.23. The molecule has 1 heterocycles. The lowest BCUT2D eigenvalue weighted by Crippen LogP contribution is -2.51. The van der Waals surface area contributed by atoms with Crippen LogP contribution in [0.1, 0.15) is 35.2 Å². The van der Waals surface area contributed by atoms with Crippen LogP contribution in [0.2, 0.25) is 5.02 Å². The minimum Gasteiger partial charge on any atom is -0.493 e. The standard InChI is InChI=1S/C23H22ClNO5/c1-15-14-17(24)9-10-20(15)30-13-5-8-18(26)21-19(27)11-12-25(23(21)29)22(28)16-6-3-2-4-7-16/h2-4,6-7,9-10,14,21H,5,8,11-13H2,1H3. The van der Waals surface area contributed by atoms with Gasteiger partial charge in [0.25, 0.3) is 5.91 Å². The Labute approximate surface area is 179 Å². The average molecular weight is 428 g/mol. The van der Waals surface area contributed by atoms with Crippen LogP contribution in [0.3, 0.4) is 0 Å². The zero-order valence-corrected chi connectivity index (χ0v) is 17.4. The number of likely N-dealkylation sites (tertiary alicyclic amines) is 1. The highest BCUT2D eigenvalue weighted by atomic mass is 35.5. The molecule has 0 spiro atoms. The van der Waals surface area contributed by atoms with Crippen molar-refractivity contribution in [1.29, 1.82) is 0 Å². The Morgan fingerprint density at radius 1 is 1.13 bits per heavy atom. The molecule has 0 aromatic heterocycles. The van der Waals surface area contributed by atoms with Crippen LogP contribution in [-0.2, 0) is 14.4 Å². The summed E-state index contributed by atoms with van der Waals surface area (Å²) in [6.07, 6.45) is 0.355. The van der Waals surface area contributed by atoms with E-state index in [0.29, 0.717) is 22.8 Å². The Bertz CT molecular complexity index is 973. The molecule has 1 aliphatic heterocycles. The van der Waals surface area contributed by atoms with E-state index in [1.165, 1.54) is 0 Å². The second-order valence-corrected chi connectivity index (χ2v) is 7.57. The molecule has 6 nitrogen and oxygen atoms in total. The summed E-state index contributed by atoms with van der Waals surface area (Å²) in [5.74, 6) is -2.89. The largest absolute Gasteiger partial charge is 0.493 e. The molecule has 0 aliphatic carbocycles. The van der Waals surface area contributed by atoms with Gasteiger partial charge in [0, 0.05) is 30.0 Å². The third-order valence-electron chi connectivity index (χ3n) is 4.97. The van der Waals surface area contributed by atoms with E-state index in [9.17, 15) is 19.2 Å². The van der Waals surface area contributed by atoms with Crippen LogP contribution in [0.15, 0.2) is 48.5 Å². The molecule has 2 amide bonds. The summed E-state index contributed by atoms with van der Waals surface area (Å²) in [6, 6.07) is 13.6. The number of nitrogens with zero attached hydrogens (tertiary/aromatic N) is 1. The van der Waals surface area contributed by atoms with E-state index in [2.05, 4.69) is 0 Å². The molecule has 1 fully saturated rings. The van der Waals surface area contributed by atoms with Crippen LogP contribution < -0.4 is 4.74 Å². The van der Waals surface area contributed by atoms with Crippen molar-refractivity contribution in [2.75, 3.05) is 13.2 Å². The molecular weight excluding hydrogens is 406 g/mol. The van der Waals surface area contributed by atoms with Crippen LogP contribution in [0.5, 0.6) is 5.75 Å². The average Bonchev–Trinajstić information content (AvgIpc) is 2.73. The number of benzene rings is 2. The minimum absolute atomic E-state index is 0.00582. The second kappa shape index (κ2) is 9.67. The van der Waals surface area contributed by atoms with Crippen molar-refractivity contribution in [2.45, 2.75) is 26.2 Å². The van der Waals surface area contributed by atoms with Crippen LogP contribution >= 0.6 is 11.6 Å². The molecule has 3 rings (SSSR count). The molecule has 1 saturated heterocycles. The maximum atomic E-state index is 12.7. The summed E-state index contributed by atoms with van der Waals surface area (Å²) < 4.78 is 5.66. The number of aryl methyl sites for hydroxylation is 1. The number of piperidine rings is 1. The van der Waals surface area contributed by atoms with Gasteiger partial charge in [-0.25, -0.2) is 0 Å². The second-order valence-electron chi connectivity index (χ2n) is 7.14. The van der Waals surface area contributed by atoms with E-state index >= 15 is 0 Å². The third-order valence-corrected chi connectivity index (χ3v) is 5.20. The number of hydrogen-bond donors (Lipinski definition) is 0. The predicted molar refractivity (Wildman–Crippen MR) is 112 cm³/mol. The molecule has 0 N–H and O–H groups in total. The Morgan fingerprint density at radius 3 is 2.57 bits per heavy atom. The van der Waals surface area contributed by atoms with Gasteiger partial charge in [-0.2, -0.15) is 0 Å². The van der Waals surface area contributed by atoms with Gasteiger partial charge in [-0.3, -0.25) is 24.1 Å². The molecule has 2 aromatic rings. The fourth-order valence-electron chi connectivity index (χ4n) is 3.37. The monoisotopic (exact) mass is 427 g/mol. The number of carbonyl (C=O) groups excluding carboxylic acids is 4. The van der Waals surface area contributed by atoms with E-state index in [-0.39, 0.29) is 26.0 Å². The van der Waals surface area contributed by atoms with Crippen LogP contribution in [0.4, 0.5) is 0 Å². The first-order valence-corrected chi connectivity index (χ1v) is 10.1. The van der Waals surface area contributed by atoms with Crippen molar-refractivity contribution < 1.29 is 23.9 Å². The van der Waals surface area contributed by atoms with E-state index in [4.69, 9.17) is 16.3 Å². The lowest BCUT2D eigenvalue weighted by atomic mass is 9.89. The van der Waals surface area contributed by atoms with E-state index in [1.54, 1.807) is 48.5 Å². The molecule has 1 aliphatic rings. The molecule has 1 atom stereocenters. The fraction of sp³-hybridized carbons (Fsp3) is 0.304. The maximum Gasteiger partial charge on any atom is 0.260 e. The van der Waals surface area contributed by atoms with Gasteiger partial charge in [0.1, 0.15) is 5.75 Å². The Balaban J connectivity index is 1.58. The van der Waals surface area contributed by atoms with E-state index in [1.807, 2.05) is 6.92 Å². The van der Waals surface area contributed by atoms with Crippen LogP contribution in [0, 0.1) is 12.8 Å². The lowest BCUT2D eigenvalue weighted by Gasteiger charge is -2.29. The molecule has 0 bridgehead atoms. The van der Waals surface area contributed by atoms with Gasteiger partial charge in [-0.05, 0) is 49.2 Å². The number of imide groups is 1. The normalized spacial score (nSPS) is 16.5. The predicted octanol–water partition coefficient (Wildman–Crippen LogP) is 3.63. The van der Waals surface area contributed by atoms with Gasteiger partial charge in [0.15, 0.2) is 17.5 Å². The van der Waals surface area contributed by atoms with Crippen molar-refractivity contribution in [3.63, 3.8) is 0 Å². The van der Waals surface area contributed by atoms with Crippen molar-refractivity contribution in [2.24, 2.45) is 5.92 Å². The van der Waals surface area contributed by atoms with E-state index < -0.39 is 29.3 Å². The SMILES string of the molecule is Cc1cc(Cl)ccc1OCCCC(=O)C1C(=O)CCN(C(=O)c2ccccc2)C1=O. The summed E-state index contributed by atoms with van der Waals surface area (Å²) in [4.78, 5) is 51.2. The summed E-state index contributed by atoms with van der Waals surface area (Å²) in [5.41, 5.74) is 1.22. The maximum absolute atomic E-state index is 12.7. The summed E-state index contributed by atoms with van der Waals surface area (Å²) in [7, 11) is 0. The zero-order chi connectivity index (χ0) is 21.7. The highest BCUT2D eigenvalue weighted by molar-refractivity contribution is 6.30. The third kappa shape index (κ3) is 4.94. The number of halogens is 1. The lowest BCUT2D eigenvalue weighted by molar-refractivity contribution is -0.148. The minimum atomic E-state index is -1.41. The molecule has 0 saturated carbocycles. The smallest absolute Gasteiger partial charge is 0.260 e. The quantitative estimate of drug-likeness (QED) is 0.383. The van der Waals surface area contributed by atoms with Gasteiger partial charge >= 0.3 is 0 Å². The van der Waals surface area contributed by atoms with Gasteiger partial charge in [0.2, 0.25) is 5.91 Å². The first-order chi connectivity index (χ1) is 14.4. The topological polar surface area (TPSA) is 80.8 Å². The van der Waals surface area contributed by atoms with Crippen molar-refractivity contribution in [3.8, 4) is 5.75 Å². The van der Waals surface area contributed by atoms with Crippen LogP contribution in [0.25, 0.3) is 0 Å².